The Hall–Kier alpha value is -1.58. The van der Waals surface area contributed by atoms with E-state index in [1.165, 1.54) is 12.5 Å². The zero-order valence-electron chi connectivity index (χ0n) is 11.4. The van der Waals surface area contributed by atoms with Crippen molar-refractivity contribution in [1.29, 1.82) is 0 Å². The Morgan fingerprint density at radius 1 is 1.26 bits per heavy atom. The van der Waals surface area contributed by atoms with E-state index in [4.69, 9.17) is 0 Å². The summed E-state index contributed by atoms with van der Waals surface area (Å²) in [6.45, 7) is 4.38. The Bertz CT molecular complexity index is 450. The van der Waals surface area contributed by atoms with Gasteiger partial charge in [0.25, 0.3) is 0 Å². The maximum Gasteiger partial charge on any atom is 0.319 e. The zero-order valence-corrected chi connectivity index (χ0v) is 11.4. The number of halogens is 1. The van der Waals surface area contributed by atoms with Crippen LogP contribution in [0.25, 0.3) is 0 Å². The standard InChI is InChI=1S/C15H21FN2O/c1-10-6-5-9-13(11(10)2)17-15(19)18-14-8-4-3-7-12(14)16/h3-4,7-8,10-11,13H,5-6,9H2,1-2H3,(H2,17,18,19). The molecule has 2 N–H and O–H groups in total. The predicted molar refractivity (Wildman–Crippen MR) is 74.5 cm³/mol. The van der Waals surface area contributed by atoms with Crippen molar-refractivity contribution >= 4 is 11.7 Å². The van der Waals surface area contributed by atoms with E-state index in [2.05, 4.69) is 24.5 Å². The molecule has 0 heterocycles. The van der Waals surface area contributed by atoms with Crippen LogP contribution >= 0.6 is 0 Å². The van der Waals surface area contributed by atoms with E-state index in [1.54, 1.807) is 18.2 Å². The van der Waals surface area contributed by atoms with Crippen LogP contribution in [0, 0.1) is 17.7 Å². The average molecular weight is 264 g/mol. The molecule has 3 atom stereocenters. The van der Waals surface area contributed by atoms with Crippen LogP contribution in [0.5, 0.6) is 0 Å². The molecule has 1 fully saturated rings. The van der Waals surface area contributed by atoms with E-state index < -0.39 is 5.82 Å². The molecule has 0 radical (unpaired) electrons. The second kappa shape index (κ2) is 6.04. The summed E-state index contributed by atoms with van der Waals surface area (Å²) in [7, 11) is 0. The molecule has 4 heteroatoms. The third-order valence-corrected chi connectivity index (χ3v) is 4.15. The van der Waals surface area contributed by atoms with Gasteiger partial charge >= 0.3 is 6.03 Å². The minimum atomic E-state index is -0.414. The molecule has 0 spiro atoms. The van der Waals surface area contributed by atoms with Crippen molar-refractivity contribution in [3.8, 4) is 0 Å². The first kappa shape index (κ1) is 13.8. The molecule has 0 aromatic heterocycles. The van der Waals surface area contributed by atoms with Crippen LogP contribution in [-0.2, 0) is 0 Å². The lowest BCUT2D eigenvalue weighted by Gasteiger charge is -2.34. The van der Waals surface area contributed by atoms with Gasteiger partial charge in [-0.2, -0.15) is 0 Å². The molecule has 0 bridgehead atoms. The normalized spacial score (nSPS) is 26.8. The van der Waals surface area contributed by atoms with E-state index in [1.807, 2.05) is 0 Å². The summed E-state index contributed by atoms with van der Waals surface area (Å²) in [6, 6.07) is 6.04. The molecule has 1 aromatic rings. The Balaban J connectivity index is 1.93. The lowest BCUT2D eigenvalue weighted by atomic mass is 9.78. The molecule has 0 aliphatic heterocycles. The average Bonchev–Trinajstić information content (AvgIpc) is 2.38. The van der Waals surface area contributed by atoms with E-state index >= 15 is 0 Å². The van der Waals surface area contributed by atoms with E-state index in [9.17, 15) is 9.18 Å². The van der Waals surface area contributed by atoms with Crippen LogP contribution < -0.4 is 10.6 Å². The fourth-order valence-electron chi connectivity index (χ4n) is 2.68. The van der Waals surface area contributed by atoms with Gasteiger partial charge < -0.3 is 10.6 Å². The number of benzene rings is 1. The number of carbonyl (C=O) groups excluding carboxylic acids is 1. The van der Waals surface area contributed by atoms with Gasteiger partial charge in [0.1, 0.15) is 5.82 Å². The van der Waals surface area contributed by atoms with Crippen molar-refractivity contribution in [1.82, 2.24) is 5.32 Å². The van der Waals surface area contributed by atoms with Gasteiger partial charge in [-0.25, -0.2) is 9.18 Å². The fourth-order valence-corrected chi connectivity index (χ4v) is 2.68. The number of urea groups is 1. The SMILES string of the molecule is CC1CCCC(NC(=O)Nc2ccccc2F)C1C. The summed E-state index contributed by atoms with van der Waals surface area (Å²) in [6.07, 6.45) is 3.35. The fraction of sp³-hybridized carbons (Fsp3) is 0.533. The zero-order chi connectivity index (χ0) is 13.8. The van der Waals surface area contributed by atoms with Crippen molar-refractivity contribution in [2.24, 2.45) is 11.8 Å². The number of nitrogens with one attached hydrogen (secondary N) is 2. The van der Waals surface area contributed by atoms with Gasteiger partial charge in [0, 0.05) is 6.04 Å². The van der Waals surface area contributed by atoms with Crippen LogP contribution in [-0.4, -0.2) is 12.1 Å². The number of para-hydroxylation sites is 1. The third kappa shape index (κ3) is 3.46. The van der Waals surface area contributed by atoms with Gasteiger partial charge in [-0.05, 0) is 30.4 Å². The van der Waals surface area contributed by atoms with E-state index in [0.29, 0.717) is 11.8 Å². The first-order chi connectivity index (χ1) is 9.08. The van der Waals surface area contributed by atoms with Crippen molar-refractivity contribution in [2.45, 2.75) is 39.2 Å². The molecule has 1 aromatic carbocycles. The van der Waals surface area contributed by atoms with Gasteiger partial charge in [-0.15, -0.1) is 0 Å². The van der Waals surface area contributed by atoms with Gasteiger partial charge in [0.15, 0.2) is 0 Å². The summed E-state index contributed by atoms with van der Waals surface area (Å²) in [4.78, 5) is 11.9. The minimum Gasteiger partial charge on any atom is -0.335 e. The Kier molecular flexibility index (Phi) is 4.40. The van der Waals surface area contributed by atoms with E-state index in [-0.39, 0.29) is 17.8 Å². The number of carbonyl (C=O) groups is 1. The summed E-state index contributed by atoms with van der Waals surface area (Å²) >= 11 is 0. The largest absolute Gasteiger partial charge is 0.335 e. The first-order valence-electron chi connectivity index (χ1n) is 6.90. The molecule has 3 nitrogen and oxygen atoms in total. The molecular formula is C15H21FN2O. The molecule has 1 aliphatic carbocycles. The molecule has 0 saturated heterocycles. The highest BCUT2D eigenvalue weighted by Gasteiger charge is 2.28. The topological polar surface area (TPSA) is 41.1 Å². The van der Waals surface area contributed by atoms with Gasteiger partial charge in [0.2, 0.25) is 0 Å². The monoisotopic (exact) mass is 264 g/mol. The molecule has 1 aliphatic rings. The van der Waals surface area contributed by atoms with Crippen molar-refractivity contribution in [3.05, 3.63) is 30.1 Å². The van der Waals surface area contributed by atoms with Crippen molar-refractivity contribution in [2.75, 3.05) is 5.32 Å². The number of anilines is 1. The molecule has 19 heavy (non-hydrogen) atoms. The number of amides is 2. The summed E-state index contributed by atoms with van der Waals surface area (Å²) < 4.78 is 13.4. The Labute approximate surface area is 113 Å². The van der Waals surface area contributed by atoms with E-state index in [0.717, 1.165) is 12.8 Å². The van der Waals surface area contributed by atoms with Crippen LogP contribution in [0.4, 0.5) is 14.9 Å². The Morgan fingerprint density at radius 2 is 2.00 bits per heavy atom. The van der Waals surface area contributed by atoms with Crippen LogP contribution in [0.2, 0.25) is 0 Å². The smallest absolute Gasteiger partial charge is 0.319 e. The van der Waals surface area contributed by atoms with Crippen LogP contribution in [0.1, 0.15) is 33.1 Å². The maximum atomic E-state index is 13.4. The van der Waals surface area contributed by atoms with Crippen LogP contribution in [0.3, 0.4) is 0 Å². The lowest BCUT2D eigenvalue weighted by molar-refractivity contribution is 0.201. The number of rotatable bonds is 2. The van der Waals surface area contributed by atoms with Gasteiger partial charge in [-0.1, -0.05) is 38.8 Å². The second-order valence-electron chi connectivity index (χ2n) is 5.45. The van der Waals surface area contributed by atoms with Crippen LogP contribution in [0.15, 0.2) is 24.3 Å². The summed E-state index contributed by atoms with van der Waals surface area (Å²) in [5.74, 6) is 0.662. The predicted octanol–water partition coefficient (Wildman–Crippen LogP) is 3.77. The molecule has 1 saturated carbocycles. The summed E-state index contributed by atoms with van der Waals surface area (Å²) in [5.41, 5.74) is 0.219. The molecular weight excluding hydrogens is 243 g/mol. The van der Waals surface area contributed by atoms with Gasteiger partial charge in [0.05, 0.1) is 5.69 Å². The quantitative estimate of drug-likeness (QED) is 0.838. The molecule has 2 amide bonds. The third-order valence-electron chi connectivity index (χ3n) is 4.15. The Morgan fingerprint density at radius 3 is 2.74 bits per heavy atom. The van der Waals surface area contributed by atoms with Crippen molar-refractivity contribution < 1.29 is 9.18 Å². The maximum absolute atomic E-state index is 13.4. The highest BCUT2D eigenvalue weighted by molar-refractivity contribution is 5.89. The highest BCUT2D eigenvalue weighted by atomic mass is 19.1. The number of hydrogen-bond acceptors (Lipinski definition) is 1. The second-order valence-corrected chi connectivity index (χ2v) is 5.45. The van der Waals surface area contributed by atoms with Crippen molar-refractivity contribution in [3.63, 3.8) is 0 Å². The highest BCUT2D eigenvalue weighted by Crippen LogP contribution is 2.29. The first-order valence-corrected chi connectivity index (χ1v) is 6.90. The van der Waals surface area contributed by atoms with Gasteiger partial charge in [-0.3, -0.25) is 0 Å². The molecule has 2 rings (SSSR count). The summed E-state index contributed by atoms with van der Waals surface area (Å²) in [5, 5.41) is 5.53. The number of hydrogen-bond donors (Lipinski definition) is 2. The molecule has 104 valence electrons. The minimum absolute atomic E-state index is 0.176. The molecule has 3 unspecified atom stereocenters. The lowest BCUT2D eigenvalue weighted by Crippen LogP contribution is -2.45.